The van der Waals surface area contributed by atoms with Gasteiger partial charge in [-0.3, -0.25) is 0 Å². The Morgan fingerprint density at radius 2 is 1.70 bits per heavy atom. The molecule has 2 nitrogen and oxygen atoms in total. The highest BCUT2D eigenvalue weighted by atomic mass is 19.1. The van der Waals surface area contributed by atoms with Crippen LogP contribution < -0.4 is 10.1 Å². The number of hydrogen-bond donors (Lipinski definition) is 1. The maximum atomic E-state index is 14.2. The summed E-state index contributed by atoms with van der Waals surface area (Å²) in [4.78, 5) is 0. The Balaban J connectivity index is 2.56. The number of rotatable bonds is 4. The van der Waals surface area contributed by atoms with E-state index in [0.717, 1.165) is 11.1 Å². The number of halogens is 2. The minimum atomic E-state index is -0.621. The first-order valence-corrected chi connectivity index (χ1v) is 6.34. The van der Waals surface area contributed by atoms with Gasteiger partial charge in [0.2, 0.25) is 0 Å². The van der Waals surface area contributed by atoms with Crippen LogP contribution in [0.15, 0.2) is 36.4 Å². The lowest BCUT2D eigenvalue weighted by Gasteiger charge is -2.21. The zero-order valence-corrected chi connectivity index (χ0v) is 11.7. The first-order chi connectivity index (χ1) is 9.58. The molecule has 0 spiro atoms. The van der Waals surface area contributed by atoms with Crippen molar-refractivity contribution in [3.63, 3.8) is 0 Å². The summed E-state index contributed by atoms with van der Waals surface area (Å²) < 4.78 is 33.3. The van der Waals surface area contributed by atoms with Gasteiger partial charge in [0.05, 0.1) is 13.2 Å². The number of methoxy groups -OCH3 is 1. The smallest absolute Gasteiger partial charge is 0.134 e. The van der Waals surface area contributed by atoms with Crippen molar-refractivity contribution in [2.24, 2.45) is 0 Å². The third kappa shape index (κ3) is 2.65. The molecule has 0 saturated heterocycles. The van der Waals surface area contributed by atoms with Crippen molar-refractivity contribution in [2.45, 2.75) is 13.0 Å². The van der Waals surface area contributed by atoms with Gasteiger partial charge in [-0.2, -0.15) is 0 Å². The van der Waals surface area contributed by atoms with Crippen LogP contribution in [0.3, 0.4) is 0 Å². The quantitative estimate of drug-likeness (QED) is 0.922. The van der Waals surface area contributed by atoms with Crippen LogP contribution in [-0.2, 0) is 0 Å². The first kappa shape index (κ1) is 14.5. The minimum Gasteiger partial charge on any atom is -0.497 e. The fourth-order valence-electron chi connectivity index (χ4n) is 2.32. The van der Waals surface area contributed by atoms with E-state index in [2.05, 4.69) is 5.32 Å². The van der Waals surface area contributed by atoms with Crippen LogP contribution in [0, 0.1) is 18.6 Å². The van der Waals surface area contributed by atoms with Crippen LogP contribution >= 0.6 is 0 Å². The highest BCUT2D eigenvalue weighted by Crippen LogP contribution is 2.31. The molecule has 1 N–H and O–H groups in total. The highest BCUT2D eigenvalue weighted by Gasteiger charge is 2.22. The monoisotopic (exact) mass is 277 g/mol. The molecule has 106 valence electrons. The molecule has 0 heterocycles. The maximum Gasteiger partial charge on any atom is 0.134 e. The molecule has 2 aromatic carbocycles. The summed E-state index contributed by atoms with van der Waals surface area (Å²) in [7, 11) is 3.06. The largest absolute Gasteiger partial charge is 0.497 e. The van der Waals surface area contributed by atoms with E-state index in [1.54, 1.807) is 7.05 Å². The molecule has 0 aromatic heterocycles. The Kier molecular flexibility index (Phi) is 4.35. The number of nitrogens with one attached hydrogen (secondary N) is 1. The number of aryl methyl sites for hydroxylation is 1. The Morgan fingerprint density at radius 1 is 1.10 bits per heavy atom. The van der Waals surface area contributed by atoms with Crippen molar-refractivity contribution in [1.82, 2.24) is 5.32 Å². The van der Waals surface area contributed by atoms with Crippen molar-refractivity contribution in [3.05, 3.63) is 64.7 Å². The summed E-state index contributed by atoms with van der Waals surface area (Å²) in [5, 5.41) is 2.97. The van der Waals surface area contributed by atoms with Crippen LogP contribution in [0.5, 0.6) is 5.75 Å². The molecule has 0 fully saturated rings. The third-order valence-electron chi connectivity index (χ3n) is 3.37. The second-order valence-corrected chi connectivity index (χ2v) is 4.58. The predicted molar refractivity (Wildman–Crippen MR) is 75.0 cm³/mol. The van der Waals surface area contributed by atoms with Crippen LogP contribution in [0.1, 0.15) is 22.7 Å². The van der Waals surface area contributed by atoms with Crippen LogP contribution in [0.2, 0.25) is 0 Å². The molecule has 0 aliphatic carbocycles. The molecule has 0 aliphatic rings. The normalized spacial score (nSPS) is 12.2. The second-order valence-electron chi connectivity index (χ2n) is 4.58. The Bertz CT molecular complexity index is 590. The minimum absolute atomic E-state index is 0.00241. The van der Waals surface area contributed by atoms with E-state index in [4.69, 9.17) is 4.74 Å². The van der Waals surface area contributed by atoms with Crippen LogP contribution in [0.4, 0.5) is 8.78 Å². The molecule has 0 saturated carbocycles. The van der Waals surface area contributed by atoms with E-state index in [9.17, 15) is 8.78 Å². The van der Waals surface area contributed by atoms with E-state index in [-0.39, 0.29) is 11.3 Å². The van der Waals surface area contributed by atoms with Gasteiger partial charge < -0.3 is 10.1 Å². The molecule has 0 radical (unpaired) electrons. The molecule has 1 atom stereocenters. The lowest BCUT2D eigenvalue weighted by atomic mass is 9.94. The fourth-order valence-corrected chi connectivity index (χ4v) is 2.32. The molecule has 20 heavy (non-hydrogen) atoms. The number of ether oxygens (including phenoxy) is 1. The van der Waals surface area contributed by atoms with Crippen molar-refractivity contribution in [1.29, 1.82) is 0 Å². The molecular weight excluding hydrogens is 260 g/mol. The van der Waals surface area contributed by atoms with Crippen LogP contribution in [-0.4, -0.2) is 14.2 Å². The molecule has 4 heteroatoms. The SMILES string of the molecule is CNC(c1ccccc1C)c1c(F)cc(OC)cc1F. The lowest BCUT2D eigenvalue weighted by Crippen LogP contribution is -2.21. The van der Waals surface area contributed by atoms with E-state index in [1.807, 2.05) is 31.2 Å². The molecule has 2 aromatic rings. The second kappa shape index (κ2) is 6.01. The van der Waals surface area contributed by atoms with Gasteiger partial charge in [-0.25, -0.2) is 8.78 Å². The van der Waals surface area contributed by atoms with Gasteiger partial charge >= 0.3 is 0 Å². The molecule has 2 rings (SSSR count). The number of hydrogen-bond acceptors (Lipinski definition) is 2. The van der Waals surface area contributed by atoms with Gasteiger partial charge in [-0.05, 0) is 25.1 Å². The van der Waals surface area contributed by atoms with E-state index < -0.39 is 17.7 Å². The lowest BCUT2D eigenvalue weighted by molar-refractivity contribution is 0.403. The topological polar surface area (TPSA) is 21.3 Å². The average Bonchev–Trinajstić information content (AvgIpc) is 2.43. The predicted octanol–water partition coefficient (Wildman–Crippen LogP) is 3.59. The highest BCUT2D eigenvalue weighted by molar-refractivity contribution is 5.40. The van der Waals surface area contributed by atoms with Crippen molar-refractivity contribution < 1.29 is 13.5 Å². The van der Waals surface area contributed by atoms with Crippen molar-refractivity contribution >= 4 is 0 Å². The first-order valence-electron chi connectivity index (χ1n) is 6.34. The van der Waals surface area contributed by atoms with Gasteiger partial charge in [-0.1, -0.05) is 24.3 Å². The van der Waals surface area contributed by atoms with Crippen molar-refractivity contribution in [2.75, 3.05) is 14.2 Å². The molecule has 0 amide bonds. The van der Waals surface area contributed by atoms with Crippen LogP contribution in [0.25, 0.3) is 0 Å². The summed E-state index contributed by atoms with van der Waals surface area (Å²) in [5.74, 6) is -1.07. The summed E-state index contributed by atoms with van der Waals surface area (Å²) in [6, 6.07) is 9.38. The summed E-state index contributed by atoms with van der Waals surface area (Å²) >= 11 is 0. The maximum absolute atomic E-state index is 14.2. The van der Waals surface area contributed by atoms with Gasteiger partial charge in [0, 0.05) is 17.7 Å². The number of benzene rings is 2. The third-order valence-corrected chi connectivity index (χ3v) is 3.37. The van der Waals surface area contributed by atoms with E-state index >= 15 is 0 Å². The Hall–Kier alpha value is -1.94. The summed E-state index contributed by atoms with van der Waals surface area (Å²) in [6.45, 7) is 1.92. The van der Waals surface area contributed by atoms with Gasteiger partial charge in [0.25, 0.3) is 0 Å². The molecule has 0 bridgehead atoms. The Morgan fingerprint density at radius 3 is 2.20 bits per heavy atom. The molecular formula is C16H17F2NO. The zero-order valence-electron chi connectivity index (χ0n) is 11.7. The summed E-state index contributed by atoms with van der Waals surface area (Å²) in [6.07, 6.45) is 0. The van der Waals surface area contributed by atoms with Gasteiger partial charge in [0.1, 0.15) is 17.4 Å². The average molecular weight is 277 g/mol. The Labute approximate surface area is 117 Å². The standard InChI is InChI=1S/C16H17F2NO/c1-10-6-4-5-7-12(10)16(19-2)15-13(17)8-11(20-3)9-14(15)18/h4-9,16,19H,1-3H3. The van der Waals surface area contributed by atoms with Gasteiger partial charge in [0.15, 0.2) is 0 Å². The molecule has 0 aliphatic heterocycles. The molecule has 1 unspecified atom stereocenters. The van der Waals surface area contributed by atoms with E-state index in [0.29, 0.717) is 0 Å². The summed E-state index contributed by atoms with van der Waals surface area (Å²) in [5.41, 5.74) is 1.82. The zero-order chi connectivity index (χ0) is 14.7. The fraction of sp³-hybridized carbons (Fsp3) is 0.250. The van der Waals surface area contributed by atoms with E-state index in [1.165, 1.54) is 19.2 Å². The van der Waals surface area contributed by atoms with Crippen molar-refractivity contribution in [3.8, 4) is 5.75 Å². The van der Waals surface area contributed by atoms with Gasteiger partial charge in [-0.15, -0.1) is 0 Å².